The minimum atomic E-state index is -0.539. The van der Waals surface area contributed by atoms with Crippen LogP contribution in [0.3, 0.4) is 0 Å². The Labute approximate surface area is 172 Å². The quantitative estimate of drug-likeness (QED) is 0.339. The third kappa shape index (κ3) is 4.00. The topological polar surface area (TPSA) is 61.8 Å². The van der Waals surface area contributed by atoms with E-state index < -0.39 is 5.97 Å². The zero-order chi connectivity index (χ0) is 20.4. The van der Waals surface area contributed by atoms with Crippen molar-refractivity contribution in [1.82, 2.24) is 0 Å². The largest absolute Gasteiger partial charge is 0.497 e. The normalized spacial score (nSPS) is 13.7. The molecular formula is C23H15ClO5. The molecule has 5 nitrogen and oxygen atoms in total. The first-order chi connectivity index (χ1) is 14.0. The summed E-state index contributed by atoms with van der Waals surface area (Å²) in [4.78, 5) is 24.9. The molecule has 0 amide bonds. The van der Waals surface area contributed by atoms with Gasteiger partial charge in [0.15, 0.2) is 5.76 Å². The van der Waals surface area contributed by atoms with Crippen molar-refractivity contribution in [3.8, 4) is 17.2 Å². The van der Waals surface area contributed by atoms with Crippen molar-refractivity contribution in [3.05, 3.63) is 94.2 Å². The van der Waals surface area contributed by atoms with Crippen LogP contribution in [0.5, 0.6) is 17.2 Å². The number of esters is 1. The molecule has 0 aromatic heterocycles. The van der Waals surface area contributed by atoms with Crippen LogP contribution in [0.2, 0.25) is 5.02 Å². The number of fused-ring (bicyclic) bond motifs is 1. The Kier molecular flexibility index (Phi) is 5.06. The molecule has 0 aliphatic carbocycles. The number of hydrogen-bond donors (Lipinski definition) is 0. The molecule has 3 aromatic carbocycles. The van der Waals surface area contributed by atoms with Crippen LogP contribution in [0, 0.1) is 0 Å². The average molecular weight is 407 g/mol. The number of halogens is 1. The van der Waals surface area contributed by atoms with Crippen molar-refractivity contribution < 1.29 is 23.8 Å². The predicted octanol–water partition coefficient (Wildman–Crippen LogP) is 5.18. The van der Waals surface area contributed by atoms with Crippen LogP contribution in [0.1, 0.15) is 26.3 Å². The Morgan fingerprint density at radius 3 is 2.62 bits per heavy atom. The lowest BCUT2D eigenvalue weighted by atomic mass is 10.1. The molecule has 0 N–H and O–H groups in total. The number of hydrogen-bond acceptors (Lipinski definition) is 5. The van der Waals surface area contributed by atoms with Gasteiger partial charge < -0.3 is 14.2 Å². The van der Waals surface area contributed by atoms with Gasteiger partial charge in [0.1, 0.15) is 17.2 Å². The van der Waals surface area contributed by atoms with Gasteiger partial charge in [0, 0.05) is 11.1 Å². The Morgan fingerprint density at radius 1 is 1.00 bits per heavy atom. The zero-order valence-electron chi connectivity index (χ0n) is 15.3. The van der Waals surface area contributed by atoms with E-state index in [4.69, 9.17) is 25.8 Å². The maximum atomic E-state index is 12.6. The first-order valence-corrected chi connectivity index (χ1v) is 9.11. The highest BCUT2D eigenvalue weighted by Gasteiger charge is 2.28. The van der Waals surface area contributed by atoms with Crippen LogP contribution < -0.4 is 14.2 Å². The van der Waals surface area contributed by atoms with Crippen molar-refractivity contribution in [2.75, 3.05) is 7.11 Å². The standard InChI is InChI=1S/C23H15ClO5/c1-27-17-7-3-5-15(12-17)23(26)28-18-8-9-19-20(13-18)29-21(22(19)25)11-14-4-2-6-16(24)10-14/h2-13H,1H3/b21-11-. The summed E-state index contributed by atoms with van der Waals surface area (Å²) in [5, 5.41) is 0.564. The molecule has 0 saturated heterocycles. The molecule has 3 aromatic rings. The molecule has 0 fully saturated rings. The van der Waals surface area contributed by atoms with Crippen molar-refractivity contribution in [2.24, 2.45) is 0 Å². The summed E-state index contributed by atoms with van der Waals surface area (Å²) < 4.78 is 16.2. The van der Waals surface area contributed by atoms with Crippen LogP contribution >= 0.6 is 11.6 Å². The lowest BCUT2D eigenvalue weighted by Crippen LogP contribution is -2.08. The van der Waals surface area contributed by atoms with Crippen molar-refractivity contribution >= 4 is 29.4 Å². The molecule has 0 spiro atoms. The number of methoxy groups -OCH3 is 1. The first-order valence-electron chi connectivity index (χ1n) is 8.73. The monoisotopic (exact) mass is 406 g/mol. The molecule has 1 aliphatic heterocycles. The van der Waals surface area contributed by atoms with Crippen LogP contribution in [0.15, 0.2) is 72.5 Å². The van der Waals surface area contributed by atoms with Crippen LogP contribution in [-0.2, 0) is 0 Å². The van der Waals surface area contributed by atoms with Crippen LogP contribution in [0.25, 0.3) is 6.08 Å². The minimum Gasteiger partial charge on any atom is -0.497 e. The fourth-order valence-electron chi connectivity index (χ4n) is 2.89. The van der Waals surface area contributed by atoms with Gasteiger partial charge in [-0.3, -0.25) is 4.79 Å². The third-order valence-electron chi connectivity index (χ3n) is 4.30. The van der Waals surface area contributed by atoms with Gasteiger partial charge in [-0.1, -0.05) is 29.8 Å². The highest BCUT2D eigenvalue weighted by Crippen LogP contribution is 2.35. The lowest BCUT2D eigenvalue weighted by Gasteiger charge is -2.07. The van der Waals surface area contributed by atoms with Gasteiger partial charge in [0.25, 0.3) is 0 Å². The first kappa shape index (κ1) is 18.8. The molecule has 0 bridgehead atoms. The van der Waals surface area contributed by atoms with E-state index in [2.05, 4.69) is 0 Å². The van der Waals surface area contributed by atoms with Crippen molar-refractivity contribution in [3.63, 3.8) is 0 Å². The van der Waals surface area contributed by atoms with Gasteiger partial charge in [-0.15, -0.1) is 0 Å². The van der Waals surface area contributed by atoms with Gasteiger partial charge >= 0.3 is 5.97 Å². The molecule has 0 atom stereocenters. The Hall–Kier alpha value is -3.57. The summed E-state index contributed by atoms with van der Waals surface area (Å²) >= 11 is 5.98. The van der Waals surface area contributed by atoms with Crippen molar-refractivity contribution in [1.29, 1.82) is 0 Å². The fourth-order valence-corrected chi connectivity index (χ4v) is 3.09. The van der Waals surface area contributed by atoms with E-state index in [-0.39, 0.29) is 17.3 Å². The maximum Gasteiger partial charge on any atom is 0.343 e. The van der Waals surface area contributed by atoms with Gasteiger partial charge in [-0.2, -0.15) is 0 Å². The second-order valence-corrected chi connectivity index (χ2v) is 6.71. The van der Waals surface area contributed by atoms with Gasteiger partial charge in [-0.25, -0.2) is 4.79 Å². The zero-order valence-corrected chi connectivity index (χ0v) is 16.1. The molecule has 6 heteroatoms. The molecule has 0 saturated carbocycles. The molecule has 144 valence electrons. The smallest absolute Gasteiger partial charge is 0.343 e. The Balaban J connectivity index is 1.55. The second-order valence-electron chi connectivity index (χ2n) is 6.27. The molecule has 29 heavy (non-hydrogen) atoms. The summed E-state index contributed by atoms with van der Waals surface area (Å²) in [6, 6.07) is 18.4. The summed E-state index contributed by atoms with van der Waals surface area (Å²) in [7, 11) is 1.52. The van der Waals surface area contributed by atoms with E-state index in [9.17, 15) is 9.59 Å². The predicted molar refractivity (Wildman–Crippen MR) is 109 cm³/mol. The van der Waals surface area contributed by atoms with E-state index in [1.807, 2.05) is 6.07 Å². The number of ketones is 1. The SMILES string of the molecule is COc1cccc(C(=O)Oc2ccc3c(c2)O/C(=C\c2cccc(Cl)c2)C3=O)c1. The molecule has 0 unspecified atom stereocenters. The van der Waals surface area contributed by atoms with E-state index in [1.54, 1.807) is 60.7 Å². The second kappa shape index (κ2) is 7.81. The van der Waals surface area contributed by atoms with E-state index in [0.29, 0.717) is 27.6 Å². The average Bonchev–Trinajstić information content (AvgIpc) is 3.02. The minimum absolute atomic E-state index is 0.179. The number of benzene rings is 3. The summed E-state index contributed by atoms with van der Waals surface area (Å²) in [5.41, 5.74) is 1.50. The molecule has 0 radical (unpaired) electrons. The number of carbonyl (C=O) groups excluding carboxylic acids is 2. The van der Waals surface area contributed by atoms with Gasteiger partial charge in [-0.05, 0) is 54.1 Å². The summed E-state index contributed by atoms with van der Waals surface area (Å²) in [6.45, 7) is 0. The van der Waals surface area contributed by atoms with Crippen LogP contribution in [0.4, 0.5) is 0 Å². The maximum absolute atomic E-state index is 12.6. The number of Topliss-reactive ketones (excluding diaryl/α,β-unsaturated/α-hetero) is 1. The fraction of sp³-hybridized carbons (Fsp3) is 0.0435. The number of allylic oxidation sites excluding steroid dienone is 1. The molecular weight excluding hydrogens is 392 g/mol. The summed E-state index contributed by atoms with van der Waals surface area (Å²) in [5.74, 6) is 0.553. The highest BCUT2D eigenvalue weighted by atomic mass is 35.5. The van der Waals surface area contributed by atoms with E-state index in [1.165, 1.54) is 13.2 Å². The molecule has 4 rings (SSSR count). The van der Waals surface area contributed by atoms with Gasteiger partial charge in [0.05, 0.1) is 18.2 Å². The van der Waals surface area contributed by atoms with Crippen molar-refractivity contribution in [2.45, 2.75) is 0 Å². The Morgan fingerprint density at radius 2 is 1.83 bits per heavy atom. The number of rotatable bonds is 4. The molecule has 1 heterocycles. The van der Waals surface area contributed by atoms with E-state index >= 15 is 0 Å². The number of carbonyl (C=O) groups is 2. The Bertz CT molecular complexity index is 1150. The summed E-state index contributed by atoms with van der Waals surface area (Å²) in [6.07, 6.45) is 1.62. The lowest BCUT2D eigenvalue weighted by molar-refractivity contribution is 0.0734. The van der Waals surface area contributed by atoms with Gasteiger partial charge in [0.2, 0.25) is 5.78 Å². The third-order valence-corrected chi connectivity index (χ3v) is 4.54. The number of ether oxygens (including phenoxy) is 3. The molecule has 1 aliphatic rings. The highest BCUT2D eigenvalue weighted by molar-refractivity contribution is 6.30. The van der Waals surface area contributed by atoms with Crippen LogP contribution in [-0.4, -0.2) is 18.9 Å². The van der Waals surface area contributed by atoms with E-state index in [0.717, 1.165) is 5.56 Å².